The molecule has 11 heteroatoms. The molecule has 188 valence electrons. The molecule has 0 aromatic heterocycles. The van der Waals surface area contributed by atoms with Crippen molar-refractivity contribution < 1.29 is 132 Å². The van der Waals surface area contributed by atoms with E-state index in [0.717, 1.165) is 6.92 Å². The van der Waals surface area contributed by atoms with Crippen molar-refractivity contribution in [1.29, 1.82) is 0 Å². The van der Waals surface area contributed by atoms with E-state index in [2.05, 4.69) is 0 Å². The number of hydrogen-bond acceptors (Lipinski definition) is 8. The van der Waals surface area contributed by atoms with Crippen molar-refractivity contribution in [2.75, 3.05) is 6.61 Å². The van der Waals surface area contributed by atoms with Gasteiger partial charge in [0, 0.05) is 119 Å². The first kappa shape index (κ1) is 33.5. The molecule has 3 aliphatic rings. The molecule has 1 saturated carbocycles. The topological polar surface area (TPSA) is 134 Å². The molecule has 0 spiro atoms. The first-order valence-corrected chi connectivity index (χ1v) is 11.0. The molecule has 0 aromatic rings. The van der Waals surface area contributed by atoms with Crippen LogP contribution in [0.15, 0.2) is 11.6 Å². The summed E-state index contributed by atoms with van der Waals surface area (Å²) >= 11 is 0. The van der Waals surface area contributed by atoms with E-state index in [-0.39, 0.29) is 108 Å². The average molecular weight is 913 g/mol. The zero-order valence-electron chi connectivity index (χ0n) is 20.6. The first-order chi connectivity index (χ1) is 14.5. The van der Waals surface area contributed by atoms with Gasteiger partial charge in [-0.15, -0.1) is 0 Å². The van der Waals surface area contributed by atoms with Crippen LogP contribution < -0.4 is 0 Å². The molecule has 3 rings (SSSR count). The van der Waals surface area contributed by atoms with E-state index < -0.39 is 70.3 Å². The number of rotatable bonds is 5. The van der Waals surface area contributed by atoms with Crippen LogP contribution in [0.2, 0.25) is 0 Å². The van der Waals surface area contributed by atoms with E-state index in [4.69, 9.17) is 9.47 Å². The Kier molecular flexibility index (Phi) is 11.2. The third kappa shape index (κ3) is 5.20. The van der Waals surface area contributed by atoms with Gasteiger partial charge in [-0.05, 0) is 26.3 Å². The third-order valence-corrected chi connectivity index (χ3v) is 8.04. The van der Waals surface area contributed by atoms with Crippen LogP contribution in [0.3, 0.4) is 0 Å². The van der Waals surface area contributed by atoms with E-state index in [1.165, 1.54) is 13.8 Å². The van der Waals surface area contributed by atoms with Crippen LogP contribution in [0.25, 0.3) is 0 Å². The van der Waals surface area contributed by atoms with Crippen LogP contribution in [0, 0.1) is 105 Å². The number of aliphatic hydroxyl groups excluding tert-OH is 2. The normalized spacial score (nSPS) is 42.4. The molecule has 8 nitrogen and oxygen atoms in total. The zero-order chi connectivity index (χ0) is 24.4. The minimum atomic E-state index is -1.99. The van der Waals surface area contributed by atoms with Crippen LogP contribution in [0.4, 0.5) is 4.39 Å². The summed E-state index contributed by atoms with van der Waals surface area (Å²) in [5.74, 6) is -3.10. The van der Waals surface area contributed by atoms with Crippen molar-refractivity contribution in [3.8, 4) is 0 Å². The van der Waals surface area contributed by atoms with Crippen LogP contribution in [0.5, 0.6) is 0 Å². The second-order valence-corrected chi connectivity index (χ2v) is 10.6. The van der Waals surface area contributed by atoms with Gasteiger partial charge in [-0.1, -0.05) is 19.9 Å². The largest absolute Gasteiger partial charge is 0.459 e. The number of carbonyl (C=O) groups is 2. The van der Waals surface area contributed by atoms with Gasteiger partial charge >= 0.3 is 5.97 Å². The summed E-state index contributed by atoms with van der Waals surface area (Å²) in [5, 5.41) is 44.2. The Morgan fingerprint density at radius 2 is 1.79 bits per heavy atom. The SMILES string of the molecule is CC(=O)O[C@@H](C1[C@]2(O)CO[C@@H]2C[C@H](F)[C@@]1(C)C(=O)[C@@H](C)O)[C@]1(O)C[C@H](O)C(C)=CC1(C)C.[Ac].[Ac]. The molecular formula is C23H35Ac2FO8. The minimum absolute atomic E-state index is 0. The zero-order valence-corrected chi connectivity index (χ0v) is 30.1. The Labute approximate surface area is 271 Å². The maximum Gasteiger partial charge on any atom is 0.303 e. The number of halogens is 1. The van der Waals surface area contributed by atoms with Crippen LogP contribution in [-0.2, 0) is 19.1 Å². The number of Topliss-reactive ketones (excluding diaryl/α,β-unsaturated/α-hetero) is 1. The molecule has 1 saturated heterocycles. The van der Waals surface area contributed by atoms with Gasteiger partial charge < -0.3 is 29.9 Å². The molecule has 4 N–H and O–H groups in total. The molecule has 9 atom stereocenters. The molecule has 34 heavy (non-hydrogen) atoms. The number of ether oxygens (including phenoxy) is 2. The van der Waals surface area contributed by atoms with Crippen molar-refractivity contribution in [2.24, 2.45) is 16.7 Å². The standard InChI is InChI=1S/C23H35FO8.2Ac/c1-11-8-20(4,5)23(30,9-14(11)27)19(32-13(3)26)17-21(6,18(28)12(2)25)15(24)7-16-22(17,29)10-31-16;;/h8,12,14-17,19,25,27,29-30H,7,9-10H2,1-6H3;;/t12-,14+,15+,16-,17?,19+,21-,22+,23-;;/m1../s1. The van der Waals surface area contributed by atoms with E-state index in [9.17, 15) is 30.0 Å². The third-order valence-electron chi connectivity index (χ3n) is 8.04. The fraction of sp³-hybridized carbons (Fsp3) is 0.826. The number of carbonyl (C=O) groups excluding carboxylic acids is 2. The predicted molar refractivity (Wildman–Crippen MR) is 111 cm³/mol. The van der Waals surface area contributed by atoms with Gasteiger partial charge in [-0.2, -0.15) is 0 Å². The molecule has 0 amide bonds. The number of alkyl halides is 1. The molecule has 0 aromatic carbocycles. The number of ketones is 1. The smallest absolute Gasteiger partial charge is 0.303 e. The maximum absolute atomic E-state index is 15.6. The Morgan fingerprint density at radius 1 is 1.24 bits per heavy atom. The summed E-state index contributed by atoms with van der Waals surface area (Å²) in [6.07, 6.45) is -5.88. The van der Waals surface area contributed by atoms with E-state index in [1.807, 2.05) is 0 Å². The predicted octanol–water partition coefficient (Wildman–Crippen LogP) is 0.830. The fourth-order valence-electron chi connectivity index (χ4n) is 6.03. The van der Waals surface area contributed by atoms with Crippen LogP contribution in [-0.4, -0.2) is 80.6 Å². The summed E-state index contributed by atoms with van der Waals surface area (Å²) in [7, 11) is 0. The maximum atomic E-state index is 15.6. The van der Waals surface area contributed by atoms with Gasteiger partial charge in [-0.25, -0.2) is 4.39 Å². The Hall–Kier alpha value is 1.49. The molecule has 1 unspecified atom stereocenters. The van der Waals surface area contributed by atoms with Crippen LogP contribution >= 0.6 is 0 Å². The van der Waals surface area contributed by atoms with E-state index >= 15 is 4.39 Å². The monoisotopic (exact) mass is 912 g/mol. The summed E-state index contributed by atoms with van der Waals surface area (Å²) in [5.41, 5.74) is -6.20. The quantitative estimate of drug-likeness (QED) is 0.236. The Bertz CT molecular complexity index is 836. The van der Waals surface area contributed by atoms with Crippen molar-refractivity contribution >= 4 is 11.8 Å². The summed E-state index contributed by atoms with van der Waals surface area (Å²) < 4.78 is 26.6. The van der Waals surface area contributed by atoms with Crippen molar-refractivity contribution in [1.82, 2.24) is 0 Å². The van der Waals surface area contributed by atoms with Gasteiger partial charge in [0.25, 0.3) is 0 Å². The second-order valence-electron chi connectivity index (χ2n) is 10.6. The second kappa shape index (κ2) is 11.3. The van der Waals surface area contributed by atoms with Crippen molar-refractivity contribution in [2.45, 2.75) is 96.2 Å². The van der Waals surface area contributed by atoms with Crippen molar-refractivity contribution in [3.63, 3.8) is 0 Å². The molecule has 1 heterocycles. The van der Waals surface area contributed by atoms with E-state index in [0.29, 0.717) is 5.57 Å². The summed E-state index contributed by atoms with van der Waals surface area (Å²) in [6.45, 7) is 8.44. The van der Waals surface area contributed by atoms with Gasteiger partial charge in [0.2, 0.25) is 0 Å². The van der Waals surface area contributed by atoms with Gasteiger partial charge in [0.15, 0.2) is 5.78 Å². The van der Waals surface area contributed by atoms with Crippen LogP contribution in [0.1, 0.15) is 54.4 Å². The fourth-order valence-corrected chi connectivity index (χ4v) is 6.03. The molecule has 2 fully saturated rings. The Morgan fingerprint density at radius 3 is 2.24 bits per heavy atom. The van der Waals surface area contributed by atoms with Gasteiger partial charge in [0.05, 0.1) is 24.2 Å². The number of aliphatic hydroxyl groups is 4. The molecule has 0 bridgehead atoms. The summed E-state index contributed by atoms with van der Waals surface area (Å²) in [6, 6.07) is 0. The molecular weight excluding hydrogens is 877 g/mol. The molecule has 2 aliphatic carbocycles. The number of fused-ring (bicyclic) bond motifs is 1. The number of esters is 1. The van der Waals surface area contributed by atoms with E-state index in [1.54, 1.807) is 26.8 Å². The minimum Gasteiger partial charge on any atom is -0.459 e. The number of hydrogen-bond donors (Lipinski definition) is 4. The summed E-state index contributed by atoms with van der Waals surface area (Å²) in [4.78, 5) is 25.4. The molecule has 1 aliphatic heterocycles. The van der Waals surface area contributed by atoms with Gasteiger partial charge in [0.1, 0.15) is 29.6 Å². The first-order valence-electron chi connectivity index (χ1n) is 11.0. The van der Waals surface area contributed by atoms with Gasteiger partial charge in [-0.3, -0.25) is 9.59 Å². The average Bonchev–Trinajstić information content (AvgIpc) is 2.66. The van der Waals surface area contributed by atoms with Crippen molar-refractivity contribution in [3.05, 3.63) is 11.6 Å². The molecule has 2 radical (unpaired) electrons. The Balaban J connectivity index is 0.00000289.